The van der Waals surface area contributed by atoms with Crippen LogP contribution in [0, 0.1) is 0 Å². The highest BCUT2D eigenvalue weighted by molar-refractivity contribution is 6.00. The van der Waals surface area contributed by atoms with Crippen LogP contribution in [0.25, 0.3) is 0 Å². The summed E-state index contributed by atoms with van der Waals surface area (Å²) >= 11 is 0. The van der Waals surface area contributed by atoms with Crippen molar-refractivity contribution in [1.29, 1.82) is 0 Å². The summed E-state index contributed by atoms with van der Waals surface area (Å²) in [5.74, 6) is 0.494. The Kier molecular flexibility index (Phi) is 4.18. The maximum atomic E-state index is 12.5. The minimum atomic E-state index is -0.712. The summed E-state index contributed by atoms with van der Waals surface area (Å²) in [4.78, 5) is 12.5. The average molecular weight is 240 g/mol. The number of ether oxygens (including phenoxy) is 3. The van der Waals surface area contributed by atoms with Gasteiger partial charge in [0.05, 0.1) is 6.61 Å². The van der Waals surface area contributed by atoms with E-state index in [2.05, 4.69) is 0 Å². The highest BCUT2D eigenvalue weighted by Gasteiger charge is 2.43. The fourth-order valence-electron chi connectivity index (χ4n) is 2.35. The van der Waals surface area contributed by atoms with Gasteiger partial charge in [0.1, 0.15) is 5.60 Å². The van der Waals surface area contributed by atoms with Crippen LogP contribution in [0.5, 0.6) is 0 Å². The van der Waals surface area contributed by atoms with Gasteiger partial charge in [0.15, 0.2) is 5.76 Å². The summed E-state index contributed by atoms with van der Waals surface area (Å²) in [5.41, 5.74) is -0.712. The lowest BCUT2D eigenvalue weighted by atomic mass is 9.87. The average Bonchev–Trinajstić information content (AvgIpc) is 2.40. The van der Waals surface area contributed by atoms with Gasteiger partial charge in [-0.15, -0.1) is 0 Å². The fourth-order valence-corrected chi connectivity index (χ4v) is 2.35. The van der Waals surface area contributed by atoms with Crippen molar-refractivity contribution >= 4 is 5.78 Å². The summed E-state index contributed by atoms with van der Waals surface area (Å²) < 4.78 is 16.5. The smallest absolute Gasteiger partial charge is 0.228 e. The van der Waals surface area contributed by atoms with Gasteiger partial charge < -0.3 is 14.2 Å². The largest absolute Gasteiger partial charge is 0.490 e. The van der Waals surface area contributed by atoms with Crippen molar-refractivity contribution in [2.45, 2.75) is 38.2 Å². The maximum absolute atomic E-state index is 12.5. The van der Waals surface area contributed by atoms with E-state index in [0.717, 1.165) is 12.8 Å². The Bertz CT molecular complexity index is 297. The zero-order valence-corrected chi connectivity index (χ0v) is 10.4. The molecule has 1 saturated heterocycles. The molecule has 96 valence electrons. The molecular formula is C13H20O4. The Balaban J connectivity index is 2.14. The van der Waals surface area contributed by atoms with E-state index in [-0.39, 0.29) is 5.78 Å². The first-order valence-electron chi connectivity index (χ1n) is 6.38. The standard InChI is InChI=1S/C13H20O4/c1-2-17-13(6-9-15-10-7-13)12(14)11-5-3-4-8-16-11/h5H,2-4,6-10H2,1H3. The van der Waals surface area contributed by atoms with Crippen LogP contribution >= 0.6 is 0 Å². The maximum Gasteiger partial charge on any atom is 0.228 e. The molecule has 0 aliphatic carbocycles. The van der Waals surface area contributed by atoms with Crippen molar-refractivity contribution in [1.82, 2.24) is 0 Å². The van der Waals surface area contributed by atoms with Gasteiger partial charge in [-0.05, 0) is 25.8 Å². The third-order valence-corrected chi connectivity index (χ3v) is 3.29. The van der Waals surface area contributed by atoms with E-state index in [1.165, 1.54) is 0 Å². The van der Waals surface area contributed by atoms with Gasteiger partial charge in [-0.1, -0.05) is 0 Å². The molecule has 4 heteroatoms. The SMILES string of the molecule is CCOC1(C(=O)C2=CCCCO2)CCOCC1. The van der Waals surface area contributed by atoms with E-state index >= 15 is 0 Å². The van der Waals surface area contributed by atoms with Gasteiger partial charge in [0.2, 0.25) is 5.78 Å². The summed E-state index contributed by atoms with van der Waals surface area (Å²) in [6.45, 7) is 4.26. The van der Waals surface area contributed by atoms with Crippen LogP contribution < -0.4 is 0 Å². The zero-order valence-electron chi connectivity index (χ0n) is 10.4. The summed E-state index contributed by atoms with van der Waals surface area (Å²) in [6, 6.07) is 0. The van der Waals surface area contributed by atoms with Crippen LogP contribution in [0.3, 0.4) is 0 Å². The second-order valence-corrected chi connectivity index (χ2v) is 4.43. The molecule has 17 heavy (non-hydrogen) atoms. The molecule has 2 aliphatic heterocycles. The minimum absolute atomic E-state index is 0.00218. The predicted octanol–water partition coefficient (Wildman–Crippen LogP) is 1.84. The van der Waals surface area contributed by atoms with Crippen LogP contribution in [0.1, 0.15) is 32.6 Å². The molecule has 1 fully saturated rings. The summed E-state index contributed by atoms with van der Waals surface area (Å²) in [6.07, 6.45) is 5.05. The number of Topliss-reactive ketones (excluding diaryl/α,β-unsaturated/α-hetero) is 1. The van der Waals surface area contributed by atoms with E-state index in [1.54, 1.807) is 0 Å². The Morgan fingerprint density at radius 2 is 2.18 bits per heavy atom. The molecule has 0 atom stereocenters. The number of allylic oxidation sites excluding steroid dienone is 1. The Hall–Kier alpha value is -0.870. The lowest BCUT2D eigenvalue weighted by Crippen LogP contribution is -2.47. The molecule has 2 heterocycles. The van der Waals surface area contributed by atoms with Gasteiger partial charge in [0, 0.05) is 32.7 Å². The molecule has 0 N–H and O–H groups in total. The van der Waals surface area contributed by atoms with Crippen molar-refractivity contribution in [2.75, 3.05) is 26.4 Å². The molecule has 0 aromatic rings. The Morgan fingerprint density at radius 3 is 2.76 bits per heavy atom. The van der Waals surface area contributed by atoms with E-state index < -0.39 is 5.60 Å². The molecule has 0 aromatic heterocycles. The van der Waals surface area contributed by atoms with E-state index in [1.807, 2.05) is 13.0 Å². The van der Waals surface area contributed by atoms with Crippen LogP contribution in [0.4, 0.5) is 0 Å². The highest BCUT2D eigenvalue weighted by Crippen LogP contribution is 2.30. The zero-order chi connectivity index (χ0) is 12.1. The third-order valence-electron chi connectivity index (χ3n) is 3.29. The van der Waals surface area contributed by atoms with E-state index in [9.17, 15) is 4.79 Å². The number of carbonyl (C=O) groups is 1. The number of hydrogen-bond acceptors (Lipinski definition) is 4. The predicted molar refractivity (Wildman–Crippen MR) is 62.7 cm³/mol. The van der Waals surface area contributed by atoms with Crippen molar-refractivity contribution < 1.29 is 19.0 Å². The molecule has 2 aliphatic rings. The molecule has 4 nitrogen and oxygen atoms in total. The summed E-state index contributed by atoms with van der Waals surface area (Å²) in [5, 5.41) is 0. The highest BCUT2D eigenvalue weighted by atomic mass is 16.5. The summed E-state index contributed by atoms with van der Waals surface area (Å²) in [7, 11) is 0. The molecule has 0 unspecified atom stereocenters. The number of ketones is 1. The lowest BCUT2D eigenvalue weighted by molar-refractivity contribution is -0.157. The van der Waals surface area contributed by atoms with Crippen LogP contribution in [-0.2, 0) is 19.0 Å². The van der Waals surface area contributed by atoms with Gasteiger partial charge in [-0.25, -0.2) is 0 Å². The van der Waals surface area contributed by atoms with Crippen LogP contribution in [-0.4, -0.2) is 37.8 Å². The quantitative estimate of drug-likeness (QED) is 0.752. The lowest BCUT2D eigenvalue weighted by Gasteiger charge is -2.36. The first kappa shape index (κ1) is 12.6. The topological polar surface area (TPSA) is 44.8 Å². The normalized spacial score (nSPS) is 23.7. The first-order valence-corrected chi connectivity index (χ1v) is 6.38. The molecule has 0 amide bonds. The Morgan fingerprint density at radius 1 is 1.41 bits per heavy atom. The number of hydrogen-bond donors (Lipinski definition) is 0. The molecule has 0 bridgehead atoms. The molecule has 0 aromatic carbocycles. The third kappa shape index (κ3) is 2.69. The fraction of sp³-hybridized carbons (Fsp3) is 0.769. The van der Waals surface area contributed by atoms with Gasteiger partial charge in [0.25, 0.3) is 0 Å². The first-order chi connectivity index (χ1) is 8.28. The number of carbonyl (C=O) groups excluding carboxylic acids is 1. The molecular weight excluding hydrogens is 220 g/mol. The van der Waals surface area contributed by atoms with Crippen molar-refractivity contribution in [2.24, 2.45) is 0 Å². The van der Waals surface area contributed by atoms with E-state index in [4.69, 9.17) is 14.2 Å². The monoisotopic (exact) mass is 240 g/mol. The molecule has 2 rings (SSSR count). The van der Waals surface area contributed by atoms with Crippen LogP contribution in [0.2, 0.25) is 0 Å². The second-order valence-electron chi connectivity index (χ2n) is 4.43. The van der Waals surface area contributed by atoms with E-state index in [0.29, 0.717) is 45.0 Å². The van der Waals surface area contributed by atoms with Gasteiger partial charge >= 0.3 is 0 Å². The second kappa shape index (κ2) is 5.65. The van der Waals surface area contributed by atoms with Crippen LogP contribution in [0.15, 0.2) is 11.8 Å². The molecule has 0 saturated carbocycles. The van der Waals surface area contributed by atoms with Crippen molar-refractivity contribution in [3.05, 3.63) is 11.8 Å². The van der Waals surface area contributed by atoms with Gasteiger partial charge in [-0.3, -0.25) is 4.79 Å². The van der Waals surface area contributed by atoms with Crippen molar-refractivity contribution in [3.63, 3.8) is 0 Å². The number of rotatable bonds is 4. The molecule has 0 spiro atoms. The Labute approximate surface area is 102 Å². The minimum Gasteiger partial charge on any atom is -0.490 e. The van der Waals surface area contributed by atoms with Gasteiger partial charge in [-0.2, -0.15) is 0 Å². The molecule has 0 radical (unpaired) electrons. The van der Waals surface area contributed by atoms with Crippen molar-refractivity contribution in [3.8, 4) is 0 Å².